The maximum Gasteiger partial charge on any atom is 0.231 e. The monoisotopic (exact) mass is 176 g/mol. The third-order valence-electron chi connectivity index (χ3n) is 0.888. The first kappa shape index (κ1) is 7.86. The summed E-state index contributed by atoms with van der Waals surface area (Å²) in [6, 6.07) is 1.39. The van der Waals surface area contributed by atoms with Crippen LogP contribution < -0.4 is 10.5 Å². The highest BCUT2D eigenvalue weighted by Crippen LogP contribution is 2.06. The molecule has 0 atom stereocenters. The Kier molecular flexibility index (Phi) is 1.73. The molecule has 0 aliphatic heterocycles. The summed E-state index contributed by atoms with van der Waals surface area (Å²) in [5, 5.41) is 5.95. The van der Waals surface area contributed by atoms with Gasteiger partial charge in [0.15, 0.2) is 5.82 Å². The van der Waals surface area contributed by atoms with Gasteiger partial charge >= 0.3 is 0 Å². The van der Waals surface area contributed by atoms with Crippen LogP contribution in [0, 0.1) is 0 Å². The van der Waals surface area contributed by atoms with Crippen molar-refractivity contribution < 1.29 is 8.42 Å². The second-order valence-electron chi connectivity index (χ2n) is 2.08. The summed E-state index contributed by atoms with van der Waals surface area (Å²) in [5.41, 5.74) is 5.24. The minimum atomic E-state index is -3.25. The van der Waals surface area contributed by atoms with Crippen molar-refractivity contribution in [3.8, 4) is 0 Å². The largest absolute Gasteiger partial charge is 0.384 e. The molecule has 0 aliphatic carbocycles. The van der Waals surface area contributed by atoms with Crippen LogP contribution in [0.2, 0.25) is 0 Å². The zero-order valence-corrected chi connectivity index (χ0v) is 6.64. The lowest BCUT2D eigenvalue weighted by Crippen LogP contribution is -2.09. The van der Waals surface area contributed by atoms with Gasteiger partial charge in [0.25, 0.3) is 0 Å². The van der Waals surface area contributed by atoms with Crippen LogP contribution in [0.3, 0.4) is 0 Å². The number of aromatic nitrogens is 2. The predicted octanol–water partition coefficient (Wildman–Crippen LogP) is -0.637. The molecule has 0 aromatic carbocycles. The highest BCUT2D eigenvalue weighted by Gasteiger charge is 2.03. The van der Waals surface area contributed by atoms with Gasteiger partial charge in [-0.2, -0.15) is 5.10 Å². The zero-order valence-electron chi connectivity index (χ0n) is 5.83. The Morgan fingerprint density at radius 1 is 1.73 bits per heavy atom. The number of nitrogens with two attached hydrogens (primary N) is 1. The molecule has 0 fully saturated rings. The Balaban J connectivity index is 2.81. The number of nitrogens with one attached hydrogen (secondary N) is 2. The van der Waals surface area contributed by atoms with Crippen molar-refractivity contribution in [2.24, 2.45) is 0 Å². The lowest BCUT2D eigenvalue weighted by Gasteiger charge is -1.95. The highest BCUT2D eigenvalue weighted by molar-refractivity contribution is 7.92. The highest BCUT2D eigenvalue weighted by atomic mass is 32.2. The number of hydrogen-bond donors (Lipinski definition) is 3. The van der Waals surface area contributed by atoms with Gasteiger partial charge in [-0.3, -0.25) is 9.82 Å². The molecule has 1 aromatic rings. The molecule has 0 saturated carbocycles. The number of nitrogens with zero attached hydrogens (tertiary/aromatic N) is 1. The normalized spacial score (nSPS) is 11.4. The minimum Gasteiger partial charge on any atom is -0.384 e. The summed E-state index contributed by atoms with van der Waals surface area (Å²) in [4.78, 5) is 0. The van der Waals surface area contributed by atoms with Gasteiger partial charge < -0.3 is 5.73 Å². The molecule has 6 nitrogen and oxygen atoms in total. The van der Waals surface area contributed by atoms with Crippen LogP contribution in [0.5, 0.6) is 0 Å². The molecule has 11 heavy (non-hydrogen) atoms. The molecule has 1 heterocycles. The van der Waals surface area contributed by atoms with Crippen LogP contribution in [0.4, 0.5) is 11.6 Å². The molecule has 0 amide bonds. The fourth-order valence-electron chi connectivity index (χ4n) is 0.579. The lowest BCUT2D eigenvalue weighted by atomic mass is 10.6. The van der Waals surface area contributed by atoms with Crippen LogP contribution in [0.1, 0.15) is 0 Å². The molecule has 0 spiro atoms. The molecule has 0 radical (unpaired) electrons. The van der Waals surface area contributed by atoms with Crippen molar-refractivity contribution in [2.45, 2.75) is 0 Å². The van der Waals surface area contributed by atoms with Gasteiger partial charge in [0.2, 0.25) is 10.0 Å². The molecule has 1 aromatic heterocycles. The van der Waals surface area contributed by atoms with E-state index < -0.39 is 10.0 Å². The van der Waals surface area contributed by atoms with E-state index in [2.05, 4.69) is 14.9 Å². The third kappa shape index (κ3) is 2.46. The predicted molar refractivity (Wildman–Crippen MR) is 41.5 cm³/mol. The summed E-state index contributed by atoms with van der Waals surface area (Å²) in [6.07, 6.45) is 1.04. The number of H-pyrrole nitrogens is 1. The number of hydrogen-bond acceptors (Lipinski definition) is 4. The van der Waals surface area contributed by atoms with Gasteiger partial charge in [-0.05, 0) is 0 Å². The van der Waals surface area contributed by atoms with Crippen LogP contribution in [-0.2, 0) is 10.0 Å². The molecule has 4 N–H and O–H groups in total. The Morgan fingerprint density at radius 3 is 2.73 bits per heavy atom. The molecule has 1 rings (SSSR count). The van der Waals surface area contributed by atoms with E-state index in [1.54, 1.807) is 0 Å². The first-order valence-electron chi connectivity index (χ1n) is 2.76. The van der Waals surface area contributed by atoms with E-state index in [1.807, 2.05) is 0 Å². The SMILES string of the molecule is CS(=O)(=O)Nc1cc(N)[nH]n1. The fourth-order valence-corrected chi connectivity index (χ4v) is 1.06. The fraction of sp³-hybridized carbons (Fsp3) is 0.250. The van der Waals surface area contributed by atoms with Crippen molar-refractivity contribution in [2.75, 3.05) is 16.7 Å². The third-order valence-corrected chi connectivity index (χ3v) is 1.47. The van der Waals surface area contributed by atoms with Crippen molar-refractivity contribution in [3.63, 3.8) is 0 Å². The summed E-state index contributed by atoms with van der Waals surface area (Å²) in [5.74, 6) is 0.515. The van der Waals surface area contributed by atoms with E-state index >= 15 is 0 Å². The van der Waals surface area contributed by atoms with Crippen LogP contribution in [0.25, 0.3) is 0 Å². The van der Waals surface area contributed by atoms with Crippen LogP contribution in [-0.4, -0.2) is 24.9 Å². The zero-order chi connectivity index (χ0) is 8.48. The first-order chi connectivity index (χ1) is 4.97. The van der Waals surface area contributed by atoms with E-state index in [9.17, 15) is 8.42 Å². The van der Waals surface area contributed by atoms with E-state index in [-0.39, 0.29) is 5.82 Å². The number of rotatable bonds is 2. The lowest BCUT2D eigenvalue weighted by molar-refractivity contribution is 0.606. The van der Waals surface area contributed by atoms with Gasteiger partial charge in [0, 0.05) is 6.07 Å². The molecule has 62 valence electrons. The topological polar surface area (TPSA) is 101 Å². The first-order valence-corrected chi connectivity index (χ1v) is 4.65. The van der Waals surface area contributed by atoms with E-state index in [0.717, 1.165) is 6.26 Å². The smallest absolute Gasteiger partial charge is 0.231 e. The number of anilines is 2. The quantitative estimate of drug-likeness (QED) is 0.558. The van der Waals surface area contributed by atoms with Gasteiger partial charge in [-0.15, -0.1) is 0 Å². The van der Waals surface area contributed by atoms with Gasteiger partial charge in [0.05, 0.1) is 6.26 Å². The van der Waals surface area contributed by atoms with Gasteiger partial charge in [-0.25, -0.2) is 8.42 Å². The van der Waals surface area contributed by atoms with E-state index in [1.165, 1.54) is 6.07 Å². The van der Waals surface area contributed by atoms with Gasteiger partial charge in [0.1, 0.15) is 5.82 Å². The van der Waals surface area contributed by atoms with Crippen molar-refractivity contribution in [1.82, 2.24) is 10.2 Å². The molecule has 7 heteroatoms. The summed E-state index contributed by atoms with van der Waals surface area (Å²) in [6.45, 7) is 0. The molecule has 0 bridgehead atoms. The second kappa shape index (κ2) is 2.42. The maximum atomic E-state index is 10.6. The maximum absolute atomic E-state index is 10.6. The molecule has 0 saturated heterocycles. The molecule has 0 unspecified atom stereocenters. The average Bonchev–Trinajstić information content (AvgIpc) is 2.10. The number of sulfonamides is 1. The second-order valence-corrected chi connectivity index (χ2v) is 3.83. The Bertz CT molecular complexity index is 341. The molecular formula is C4H8N4O2S. The van der Waals surface area contributed by atoms with Crippen molar-refractivity contribution >= 4 is 21.7 Å². The van der Waals surface area contributed by atoms with E-state index in [0.29, 0.717) is 5.82 Å². The van der Waals surface area contributed by atoms with Crippen LogP contribution in [0.15, 0.2) is 6.07 Å². The van der Waals surface area contributed by atoms with E-state index in [4.69, 9.17) is 5.73 Å². The van der Waals surface area contributed by atoms with Crippen molar-refractivity contribution in [3.05, 3.63) is 6.07 Å². The minimum absolute atomic E-state index is 0.199. The standard InChI is InChI=1S/C4H8N4O2S/c1-11(9,10)8-4-2-3(5)6-7-4/h2H,1H3,(H4,5,6,7,8). The molecule has 0 aliphatic rings. The Morgan fingerprint density at radius 2 is 2.36 bits per heavy atom. The number of nitrogen functional groups attached to an aromatic ring is 1. The summed E-state index contributed by atoms with van der Waals surface area (Å²) >= 11 is 0. The Labute approximate surface area is 63.8 Å². The molecular weight excluding hydrogens is 168 g/mol. The Hall–Kier alpha value is -1.24. The summed E-state index contributed by atoms with van der Waals surface area (Å²) < 4.78 is 23.4. The van der Waals surface area contributed by atoms with Crippen molar-refractivity contribution in [1.29, 1.82) is 0 Å². The van der Waals surface area contributed by atoms with Crippen LogP contribution >= 0.6 is 0 Å². The average molecular weight is 176 g/mol. The van der Waals surface area contributed by atoms with Gasteiger partial charge in [-0.1, -0.05) is 0 Å². The number of aromatic amines is 1. The summed E-state index contributed by atoms with van der Waals surface area (Å²) in [7, 11) is -3.25.